The van der Waals surface area contributed by atoms with Crippen LogP contribution in [0.25, 0.3) is 0 Å². The molecule has 0 saturated heterocycles. The third-order valence-corrected chi connectivity index (χ3v) is 1.63. The van der Waals surface area contributed by atoms with E-state index in [-0.39, 0.29) is 2.85 Å². The number of rotatable bonds is 4. The molecule has 0 aromatic heterocycles. The molecule has 0 spiro atoms. The normalized spacial score (nSPS) is 9.77. The quantitative estimate of drug-likeness (QED) is 0.675. The molecule has 1 aromatic rings. The summed E-state index contributed by atoms with van der Waals surface area (Å²) < 4.78 is 5.32. The fraction of sp³-hybridized carbons (Fsp3) is 0.333. The molecule has 0 bridgehead atoms. The Morgan fingerprint density at radius 2 is 2.23 bits per heavy atom. The van der Waals surface area contributed by atoms with Gasteiger partial charge in [-0.05, 0) is 24.0 Å². The molecule has 0 aliphatic carbocycles. The monoisotopic (exact) mass is 184 g/mol. The van der Waals surface area contributed by atoms with Gasteiger partial charge < -0.3 is 14.8 Å². The Balaban J connectivity index is 0. The van der Waals surface area contributed by atoms with Gasteiger partial charge in [0, 0.05) is 2.85 Å². The van der Waals surface area contributed by atoms with Crippen molar-refractivity contribution in [2.24, 2.45) is 0 Å². The predicted molar refractivity (Wildman–Crippen MR) is 56.3 cm³/mol. The highest BCUT2D eigenvalue weighted by Gasteiger charge is 2.10. The van der Waals surface area contributed by atoms with Crippen LogP contribution in [0.2, 0.25) is 0 Å². The Kier molecular flexibility index (Phi) is 3.80. The average molecular weight is 184 g/mol. The highest BCUT2D eigenvalue weighted by atomic mass is 16.5. The van der Waals surface area contributed by atoms with Crippen molar-refractivity contribution >= 4 is 12.6 Å². The van der Waals surface area contributed by atoms with E-state index in [1.807, 2.05) is 6.92 Å². The number of hydrogen-bond acceptors (Lipinski definition) is 3. The summed E-state index contributed by atoms with van der Waals surface area (Å²) in [7, 11) is -1.43. The summed E-state index contributed by atoms with van der Waals surface area (Å²) in [6.45, 7) is 2.66. The van der Waals surface area contributed by atoms with E-state index in [1.54, 1.807) is 24.3 Å². The molecule has 0 heterocycles. The Bertz CT molecular complexity index is 271. The molecule has 13 heavy (non-hydrogen) atoms. The van der Waals surface area contributed by atoms with E-state index in [1.165, 1.54) is 0 Å². The first-order valence-electron chi connectivity index (χ1n) is 4.33. The number of benzene rings is 1. The Labute approximate surface area is 81.1 Å². The lowest BCUT2D eigenvalue weighted by atomic mass is 9.80. The van der Waals surface area contributed by atoms with Crippen LogP contribution in [0.1, 0.15) is 16.2 Å². The maximum atomic E-state index is 8.87. The summed E-state index contributed by atoms with van der Waals surface area (Å²) in [5.41, 5.74) is 0.452. The Morgan fingerprint density at radius 3 is 2.85 bits per heavy atom. The molecule has 74 valence electrons. The molecule has 3 nitrogen and oxygen atoms in total. The molecule has 0 aliphatic heterocycles. The van der Waals surface area contributed by atoms with E-state index in [0.29, 0.717) is 17.8 Å². The number of hydrogen-bond donors (Lipinski definition) is 2. The Morgan fingerprint density at radius 1 is 1.46 bits per heavy atom. The molecular weight excluding hydrogens is 167 g/mol. The van der Waals surface area contributed by atoms with Crippen LogP contribution in [0, 0.1) is 0 Å². The van der Waals surface area contributed by atoms with Crippen LogP contribution in [0.3, 0.4) is 0 Å². The van der Waals surface area contributed by atoms with Crippen molar-refractivity contribution in [3.63, 3.8) is 0 Å². The maximum absolute atomic E-state index is 8.87. The van der Waals surface area contributed by atoms with Crippen LogP contribution in [-0.4, -0.2) is 23.8 Å². The topological polar surface area (TPSA) is 49.7 Å². The van der Waals surface area contributed by atoms with Crippen molar-refractivity contribution in [1.82, 2.24) is 0 Å². The van der Waals surface area contributed by atoms with E-state index in [4.69, 9.17) is 14.8 Å². The molecule has 1 rings (SSSR count). The highest BCUT2D eigenvalue weighted by Crippen LogP contribution is 2.07. The minimum absolute atomic E-state index is 0. The third-order valence-electron chi connectivity index (χ3n) is 1.63. The van der Waals surface area contributed by atoms with Gasteiger partial charge >= 0.3 is 7.12 Å². The SMILES string of the molecule is CCCOc1cccc(B(O)O)c1.[HH].[HH]. The summed E-state index contributed by atoms with van der Waals surface area (Å²) in [5, 5.41) is 17.7. The second kappa shape index (κ2) is 4.89. The molecule has 0 fully saturated rings. The van der Waals surface area contributed by atoms with Gasteiger partial charge in [-0.3, -0.25) is 0 Å². The van der Waals surface area contributed by atoms with Gasteiger partial charge in [-0.15, -0.1) is 0 Å². The van der Waals surface area contributed by atoms with Gasteiger partial charge in [0.25, 0.3) is 0 Å². The zero-order chi connectivity index (χ0) is 9.68. The zero-order valence-corrected chi connectivity index (χ0v) is 7.60. The molecule has 0 radical (unpaired) electrons. The fourth-order valence-corrected chi connectivity index (χ4v) is 0.985. The van der Waals surface area contributed by atoms with Crippen molar-refractivity contribution in [3.8, 4) is 5.75 Å². The zero-order valence-electron chi connectivity index (χ0n) is 7.60. The van der Waals surface area contributed by atoms with Gasteiger partial charge in [-0.2, -0.15) is 0 Å². The molecule has 0 amide bonds. The lowest BCUT2D eigenvalue weighted by Crippen LogP contribution is -2.29. The standard InChI is InChI=1S/C9H13BO3.2H2/c1-2-6-13-9-5-3-4-8(7-9)10(11)12;;/h3-5,7,11-12H,2,6H2,1H3;2*1H. The summed E-state index contributed by atoms with van der Waals surface area (Å²) in [6.07, 6.45) is 0.936. The largest absolute Gasteiger partial charge is 0.494 e. The van der Waals surface area contributed by atoms with Gasteiger partial charge in [0.05, 0.1) is 6.61 Å². The van der Waals surface area contributed by atoms with E-state index >= 15 is 0 Å². The van der Waals surface area contributed by atoms with Crippen LogP contribution in [0.4, 0.5) is 0 Å². The Hall–Kier alpha value is -0.995. The summed E-state index contributed by atoms with van der Waals surface area (Å²) in [4.78, 5) is 0. The van der Waals surface area contributed by atoms with E-state index in [2.05, 4.69) is 0 Å². The van der Waals surface area contributed by atoms with Crippen LogP contribution in [-0.2, 0) is 0 Å². The second-order valence-corrected chi connectivity index (χ2v) is 2.79. The van der Waals surface area contributed by atoms with Gasteiger partial charge in [-0.25, -0.2) is 0 Å². The van der Waals surface area contributed by atoms with Crippen molar-refractivity contribution in [3.05, 3.63) is 24.3 Å². The lowest BCUT2D eigenvalue weighted by Gasteiger charge is -2.05. The first-order chi connectivity index (χ1) is 6.24. The van der Waals surface area contributed by atoms with Gasteiger partial charge in [-0.1, -0.05) is 19.1 Å². The van der Waals surface area contributed by atoms with Gasteiger partial charge in [0.15, 0.2) is 0 Å². The van der Waals surface area contributed by atoms with Crippen LogP contribution in [0.5, 0.6) is 5.75 Å². The second-order valence-electron chi connectivity index (χ2n) is 2.79. The molecule has 0 atom stereocenters. The van der Waals surface area contributed by atoms with E-state index < -0.39 is 7.12 Å². The summed E-state index contributed by atoms with van der Waals surface area (Å²) in [6, 6.07) is 6.80. The molecule has 0 unspecified atom stereocenters. The van der Waals surface area contributed by atoms with Gasteiger partial charge in [0.2, 0.25) is 0 Å². The minimum Gasteiger partial charge on any atom is -0.494 e. The first-order valence-corrected chi connectivity index (χ1v) is 4.33. The highest BCUT2D eigenvalue weighted by molar-refractivity contribution is 6.58. The minimum atomic E-state index is -1.43. The lowest BCUT2D eigenvalue weighted by molar-refractivity contribution is 0.317. The predicted octanol–water partition coefficient (Wildman–Crippen LogP) is 0.647. The van der Waals surface area contributed by atoms with Gasteiger partial charge in [0.1, 0.15) is 5.75 Å². The molecule has 0 saturated carbocycles. The molecule has 2 N–H and O–H groups in total. The van der Waals surface area contributed by atoms with E-state index in [0.717, 1.165) is 6.42 Å². The van der Waals surface area contributed by atoms with Crippen LogP contribution >= 0.6 is 0 Å². The smallest absolute Gasteiger partial charge is 0.488 e. The molecule has 1 aromatic carbocycles. The van der Waals surface area contributed by atoms with E-state index in [9.17, 15) is 0 Å². The summed E-state index contributed by atoms with van der Waals surface area (Å²) >= 11 is 0. The van der Waals surface area contributed by atoms with Crippen LogP contribution in [0.15, 0.2) is 24.3 Å². The molecule has 4 heteroatoms. The van der Waals surface area contributed by atoms with Crippen LogP contribution < -0.4 is 10.2 Å². The first kappa shape index (κ1) is 10.1. The fourth-order valence-electron chi connectivity index (χ4n) is 0.985. The maximum Gasteiger partial charge on any atom is 0.488 e. The van der Waals surface area contributed by atoms with Crippen molar-refractivity contribution in [2.45, 2.75) is 13.3 Å². The average Bonchev–Trinajstić information content (AvgIpc) is 2.15. The van der Waals surface area contributed by atoms with Crippen molar-refractivity contribution in [2.75, 3.05) is 6.61 Å². The van der Waals surface area contributed by atoms with Crippen molar-refractivity contribution in [1.29, 1.82) is 0 Å². The number of ether oxygens (including phenoxy) is 1. The molecule has 0 aliphatic rings. The van der Waals surface area contributed by atoms with Crippen molar-refractivity contribution < 1.29 is 17.6 Å². The summed E-state index contributed by atoms with van der Waals surface area (Å²) in [5.74, 6) is 0.674. The third kappa shape index (κ3) is 3.09. The molecular formula is C9H17BO3.